The van der Waals surface area contributed by atoms with Crippen LogP contribution in [0, 0.1) is 17.8 Å². The summed E-state index contributed by atoms with van der Waals surface area (Å²) < 4.78 is 0. The first-order valence-corrected chi connectivity index (χ1v) is 6.34. The minimum absolute atomic E-state index is 0.162. The predicted molar refractivity (Wildman–Crippen MR) is 63.7 cm³/mol. The minimum Gasteiger partial charge on any atom is -0.481 e. The van der Waals surface area contributed by atoms with E-state index in [0.717, 1.165) is 6.42 Å². The Kier molecular flexibility index (Phi) is 4.08. The van der Waals surface area contributed by atoms with Gasteiger partial charge in [-0.2, -0.15) is 5.21 Å². The molecule has 0 bridgehead atoms. The van der Waals surface area contributed by atoms with Crippen LogP contribution in [0.3, 0.4) is 0 Å². The molecule has 3 N–H and O–H groups in total. The molecular formula is C11H17N5O3. The SMILES string of the molecule is CCC1CC(C(=O)O)C(C(=O)NCc2nn[nH]n2)C1. The van der Waals surface area contributed by atoms with Crippen molar-refractivity contribution < 1.29 is 14.7 Å². The highest BCUT2D eigenvalue weighted by atomic mass is 16.4. The summed E-state index contributed by atoms with van der Waals surface area (Å²) in [7, 11) is 0. The smallest absolute Gasteiger partial charge is 0.307 e. The van der Waals surface area contributed by atoms with E-state index in [4.69, 9.17) is 0 Å². The maximum Gasteiger partial charge on any atom is 0.307 e. The number of nitrogens with zero attached hydrogens (tertiary/aromatic N) is 3. The first-order valence-electron chi connectivity index (χ1n) is 6.34. The molecule has 3 atom stereocenters. The maximum atomic E-state index is 12.1. The molecule has 3 unspecified atom stereocenters. The van der Waals surface area contributed by atoms with Crippen LogP contribution in [0.1, 0.15) is 32.0 Å². The number of carboxylic acids is 1. The van der Waals surface area contributed by atoms with Crippen molar-refractivity contribution in [3.8, 4) is 0 Å². The first-order chi connectivity index (χ1) is 9.11. The van der Waals surface area contributed by atoms with Gasteiger partial charge in [0, 0.05) is 0 Å². The largest absolute Gasteiger partial charge is 0.481 e. The number of carbonyl (C=O) groups excluding carboxylic acids is 1. The van der Waals surface area contributed by atoms with Gasteiger partial charge in [0.05, 0.1) is 18.4 Å². The molecule has 0 aromatic carbocycles. The minimum atomic E-state index is -0.893. The third kappa shape index (κ3) is 3.07. The van der Waals surface area contributed by atoms with Crippen molar-refractivity contribution in [2.24, 2.45) is 17.8 Å². The van der Waals surface area contributed by atoms with E-state index in [9.17, 15) is 14.7 Å². The van der Waals surface area contributed by atoms with Gasteiger partial charge < -0.3 is 10.4 Å². The third-order valence-corrected chi connectivity index (χ3v) is 3.70. The van der Waals surface area contributed by atoms with Crippen molar-refractivity contribution in [2.75, 3.05) is 0 Å². The van der Waals surface area contributed by atoms with Gasteiger partial charge in [0.25, 0.3) is 0 Å². The van der Waals surface area contributed by atoms with Gasteiger partial charge in [-0.15, -0.1) is 10.2 Å². The highest BCUT2D eigenvalue weighted by Crippen LogP contribution is 2.38. The van der Waals surface area contributed by atoms with Crippen LogP contribution in [0.5, 0.6) is 0 Å². The number of carboxylic acid groups (broad SMARTS) is 1. The second-order valence-electron chi connectivity index (χ2n) is 4.84. The number of nitrogens with one attached hydrogen (secondary N) is 2. The van der Waals surface area contributed by atoms with E-state index in [1.54, 1.807) is 0 Å². The van der Waals surface area contributed by atoms with Crippen molar-refractivity contribution in [2.45, 2.75) is 32.7 Å². The summed E-state index contributed by atoms with van der Waals surface area (Å²) in [6, 6.07) is 0. The summed E-state index contributed by atoms with van der Waals surface area (Å²) in [5.41, 5.74) is 0. The van der Waals surface area contributed by atoms with Crippen molar-refractivity contribution in [1.82, 2.24) is 25.9 Å². The van der Waals surface area contributed by atoms with E-state index in [2.05, 4.69) is 25.9 Å². The molecule has 0 radical (unpaired) electrons. The molecule has 1 aromatic rings. The zero-order chi connectivity index (χ0) is 13.8. The number of rotatable bonds is 5. The highest BCUT2D eigenvalue weighted by Gasteiger charge is 2.41. The summed E-state index contributed by atoms with van der Waals surface area (Å²) >= 11 is 0. The number of hydrogen-bond acceptors (Lipinski definition) is 5. The van der Waals surface area contributed by atoms with E-state index in [1.807, 2.05) is 6.92 Å². The topological polar surface area (TPSA) is 121 Å². The Hall–Kier alpha value is -1.99. The van der Waals surface area contributed by atoms with Gasteiger partial charge in [0.15, 0.2) is 5.82 Å². The van der Waals surface area contributed by atoms with Gasteiger partial charge >= 0.3 is 5.97 Å². The highest BCUT2D eigenvalue weighted by molar-refractivity contribution is 5.85. The summed E-state index contributed by atoms with van der Waals surface area (Å²) in [5.74, 6) is -1.50. The Morgan fingerprint density at radius 2 is 2.16 bits per heavy atom. The van der Waals surface area contributed by atoms with Crippen LogP contribution in [0.15, 0.2) is 0 Å². The molecule has 1 fully saturated rings. The number of tetrazole rings is 1. The van der Waals surface area contributed by atoms with E-state index < -0.39 is 17.8 Å². The van der Waals surface area contributed by atoms with E-state index in [0.29, 0.717) is 24.6 Å². The number of amides is 1. The van der Waals surface area contributed by atoms with Gasteiger partial charge in [-0.05, 0) is 18.8 Å². The van der Waals surface area contributed by atoms with Crippen LogP contribution >= 0.6 is 0 Å². The number of aliphatic carboxylic acids is 1. The molecule has 2 rings (SSSR count). The summed E-state index contributed by atoms with van der Waals surface area (Å²) in [4.78, 5) is 23.2. The van der Waals surface area contributed by atoms with Crippen LogP contribution in [0.2, 0.25) is 0 Å². The second-order valence-corrected chi connectivity index (χ2v) is 4.84. The van der Waals surface area contributed by atoms with Gasteiger partial charge in [0.2, 0.25) is 5.91 Å². The number of carbonyl (C=O) groups is 2. The molecule has 1 aromatic heterocycles. The fourth-order valence-corrected chi connectivity index (χ4v) is 2.59. The zero-order valence-electron chi connectivity index (χ0n) is 10.7. The molecule has 0 saturated heterocycles. The van der Waals surface area contributed by atoms with E-state index in [1.165, 1.54) is 0 Å². The molecule has 104 valence electrons. The first kappa shape index (κ1) is 13.4. The summed E-state index contributed by atoms with van der Waals surface area (Å²) in [6.07, 6.45) is 2.11. The van der Waals surface area contributed by atoms with Crippen molar-refractivity contribution in [3.63, 3.8) is 0 Å². The van der Waals surface area contributed by atoms with Crippen LogP contribution in [0.4, 0.5) is 0 Å². The Morgan fingerprint density at radius 3 is 2.74 bits per heavy atom. The monoisotopic (exact) mass is 267 g/mol. The number of H-pyrrole nitrogens is 1. The number of hydrogen-bond donors (Lipinski definition) is 3. The summed E-state index contributed by atoms with van der Waals surface area (Å²) in [5, 5.41) is 25.0. The van der Waals surface area contributed by atoms with Gasteiger partial charge in [-0.25, -0.2) is 0 Å². The van der Waals surface area contributed by atoms with Crippen LogP contribution in [-0.4, -0.2) is 37.6 Å². The fourth-order valence-electron chi connectivity index (χ4n) is 2.59. The van der Waals surface area contributed by atoms with Crippen LogP contribution in [-0.2, 0) is 16.1 Å². The second kappa shape index (κ2) is 5.77. The van der Waals surface area contributed by atoms with Gasteiger partial charge in [-0.1, -0.05) is 18.6 Å². The molecule has 0 spiro atoms. The van der Waals surface area contributed by atoms with Crippen molar-refractivity contribution in [3.05, 3.63) is 5.82 Å². The van der Waals surface area contributed by atoms with Gasteiger partial charge in [0.1, 0.15) is 0 Å². The molecule has 1 amide bonds. The predicted octanol–water partition coefficient (Wildman–Crippen LogP) is -0.0471. The molecule has 1 aliphatic rings. The van der Waals surface area contributed by atoms with Crippen molar-refractivity contribution in [1.29, 1.82) is 0 Å². The quantitative estimate of drug-likeness (QED) is 0.688. The number of aromatic amines is 1. The standard InChI is InChI=1S/C11H17N5O3/c1-2-6-3-7(8(4-6)11(18)19)10(17)12-5-9-13-15-16-14-9/h6-8H,2-5H2,1H3,(H,12,17)(H,18,19)(H,13,14,15,16). The number of aromatic nitrogens is 4. The lowest BCUT2D eigenvalue weighted by Crippen LogP contribution is -2.35. The third-order valence-electron chi connectivity index (χ3n) is 3.70. The zero-order valence-corrected chi connectivity index (χ0v) is 10.7. The average molecular weight is 267 g/mol. The van der Waals surface area contributed by atoms with Gasteiger partial charge in [-0.3, -0.25) is 9.59 Å². The molecule has 1 saturated carbocycles. The normalized spacial score (nSPS) is 26.3. The van der Waals surface area contributed by atoms with E-state index in [-0.39, 0.29) is 12.5 Å². The Balaban J connectivity index is 1.94. The molecular weight excluding hydrogens is 250 g/mol. The summed E-state index contributed by atoms with van der Waals surface area (Å²) in [6.45, 7) is 2.18. The van der Waals surface area contributed by atoms with E-state index >= 15 is 0 Å². The Bertz CT molecular complexity index is 447. The molecule has 8 nitrogen and oxygen atoms in total. The molecule has 19 heavy (non-hydrogen) atoms. The molecule has 1 heterocycles. The van der Waals surface area contributed by atoms with Crippen LogP contribution in [0.25, 0.3) is 0 Å². The molecule has 8 heteroatoms. The Morgan fingerprint density at radius 1 is 1.42 bits per heavy atom. The van der Waals surface area contributed by atoms with Crippen LogP contribution < -0.4 is 5.32 Å². The lowest BCUT2D eigenvalue weighted by atomic mass is 9.95. The lowest BCUT2D eigenvalue weighted by Gasteiger charge is -2.14. The molecule has 1 aliphatic carbocycles. The fraction of sp³-hybridized carbons (Fsp3) is 0.727. The van der Waals surface area contributed by atoms with Crippen molar-refractivity contribution >= 4 is 11.9 Å². The average Bonchev–Trinajstić information content (AvgIpc) is 3.04. The molecule has 0 aliphatic heterocycles. The maximum absolute atomic E-state index is 12.1. The Labute approximate surface area is 110 Å². The lowest BCUT2D eigenvalue weighted by molar-refractivity contribution is -0.146.